The van der Waals surface area contributed by atoms with Gasteiger partial charge in [-0.1, -0.05) is 11.6 Å². The maximum atomic E-state index is 12.6. The van der Waals surface area contributed by atoms with Crippen molar-refractivity contribution in [2.45, 2.75) is 38.4 Å². The number of carboxylic acids is 1. The Hall–Kier alpha value is -2.54. The van der Waals surface area contributed by atoms with Gasteiger partial charge in [-0.05, 0) is 31.0 Å². The van der Waals surface area contributed by atoms with Gasteiger partial charge in [-0.3, -0.25) is 9.59 Å². The van der Waals surface area contributed by atoms with Crippen molar-refractivity contribution in [1.82, 2.24) is 0 Å². The van der Waals surface area contributed by atoms with E-state index in [2.05, 4.69) is 0 Å². The van der Waals surface area contributed by atoms with E-state index in [1.165, 1.54) is 21.1 Å². The van der Waals surface area contributed by atoms with Crippen LogP contribution in [-0.4, -0.2) is 48.6 Å². The van der Waals surface area contributed by atoms with Crippen LogP contribution < -0.4 is 9.47 Å². The number of fused-ring (bicyclic) bond motifs is 2. The molecule has 0 heterocycles. The predicted octanol–water partition coefficient (Wildman–Crippen LogP) is 2.13. The summed E-state index contributed by atoms with van der Waals surface area (Å²) in [4.78, 5) is 24.3. The van der Waals surface area contributed by atoms with Crippen LogP contribution in [0.5, 0.6) is 11.5 Å². The third kappa shape index (κ3) is 2.86. The first-order chi connectivity index (χ1) is 12.7. The molecule has 146 valence electrons. The number of rotatable bonds is 5. The van der Waals surface area contributed by atoms with E-state index in [9.17, 15) is 19.8 Å². The number of carbonyl (C=O) groups is 2. The molecule has 2 N–H and O–H groups in total. The summed E-state index contributed by atoms with van der Waals surface area (Å²) in [6.45, 7) is 2.92. The molecule has 0 aromatic heterocycles. The highest BCUT2D eigenvalue weighted by Gasteiger charge is 2.66. The first-order valence-corrected chi connectivity index (χ1v) is 8.76. The Balaban J connectivity index is 2.21. The van der Waals surface area contributed by atoms with E-state index in [1.807, 2.05) is 0 Å². The van der Waals surface area contributed by atoms with E-state index in [0.717, 1.165) is 0 Å². The number of ether oxygens (including phenoxy) is 3. The largest absolute Gasteiger partial charge is 0.497 e. The van der Waals surface area contributed by atoms with Crippen LogP contribution in [0.2, 0.25) is 0 Å². The lowest BCUT2D eigenvalue weighted by Gasteiger charge is -2.41. The zero-order valence-corrected chi connectivity index (χ0v) is 15.8. The third-order valence-electron chi connectivity index (χ3n) is 5.83. The van der Waals surface area contributed by atoms with E-state index in [0.29, 0.717) is 29.1 Å². The Morgan fingerprint density at radius 3 is 2.22 bits per heavy atom. The fraction of sp³-hybridized carbons (Fsp3) is 0.500. The van der Waals surface area contributed by atoms with Crippen LogP contribution in [-0.2, 0) is 14.3 Å². The summed E-state index contributed by atoms with van der Waals surface area (Å²) in [5, 5.41) is 20.8. The molecule has 1 aromatic carbocycles. The minimum absolute atomic E-state index is 0.357. The molecule has 1 fully saturated rings. The monoisotopic (exact) mass is 376 g/mol. The van der Waals surface area contributed by atoms with E-state index >= 15 is 0 Å². The first-order valence-electron chi connectivity index (χ1n) is 8.76. The topological polar surface area (TPSA) is 102 Å². The van der Waals surface area contributed by atoms with Crippen LogP contribution >= 0.6 is 0 Å². The number of hydrogen-bond donors (Lipinski definition) is 2. The predicted molar refractivity (Wildman–Crippen MR) is 95.8 cm³/mol. The summed E-state index contributed by atoms with van der Waals surface area (Å²) in [6.07, 6.45) is 0.0974. The molecule has 2 aliphatic rings. The molecule has 0 amide bonds. The van der Waals surface area contributed by atoms with E-state index < -0.39 is 41.4 Å². The lowest BCUT2D eigenvalue weighted by atomic mass is 9.66. The summed E-state index contributed by atoms with van der Waals surface area (Å²) in [7, 11) is 3.05. The van der Waals surface area contributed by atoms with Crippen LogP contribution in [0.1, 0.15) is 31.7 Å². The number of hydrogen-bond acceptors (Lipinski definition) is 6. The van der Waals surface area contributed by atoms with E-state index in [1.54, 1.807) is 31.2 Å². The second kappa shape index (κ2) is 6.88. The molecule has 27 heavy (non-hydrogen) atoms. The highest BCUT2D eigenvalue weighted by molar-refractivity contribution is 5.83. The van der Waals surface area contributed by atoms with Gasteiger partial charge in [0.1, 0.15) is 23.0 Å². The van der Waals surface area contributed by atoms with Gasteiger partial charge in [0.05, 0.1) is 20.3 Å². The maximum Gasteiger partial charge on any atom is 0.318 e. The molecule has 0 aliphatic heterocycles. The van der Waals surface area contributed by atoms with Crippen molar-refractivity contribution in [2.24, 2.45) is 11.3 Å². The number of esters is 1. The van der Waals surface area contributed by atoms with Crippen molar-refractivity contribution < 1.29 is 34.0 Å². The fourth-order valence-electron chi connectivity index (χ4n) is 4.68. The van der Waals surface area contributed by atoms with Gasteiger partial charge in [-0.2, -0.15) is 0 Å². The molecule has 0 radical (unpaired) electrons. The summed E-state index contributed by atoms with van der Waals surface area (Å²) >= 11 is 0. The van der Waals surface area contributed by atoms with Crippen LogP contribution in [0.3, 0.4) is 0 Å². The number of aliphatic hydroxyl groups is 1. The van der Waals surface area contributed by atoms with Gasteiger partial charge in [-0.15, -0.1) is 0 Å². The van der Waals surface area contributed by atoms with Crippen molar-refractivity contribution in [3.8, 4) is 11.5 Å². The zero-order valence-electron chi connectivity index (χ0n) is 15.8. The first kappa shape index (κ1) is 19.2. The molecular weight excluding hydrogens is 352 g/mol. The molecule has 2 bridgehead atoms. The lowest BCUT2D eigenvalue weighted by molar-refractivity contribution is -0.168. The average molecular weight is 376 g/mol. The summed E-state index contributed by atoms with van der Waals surface area (Å²) in [5.41, 5.74) is -0.267. The minimum atomic E-state index is -1.45. The van der Waals surface area contributed by atoms with Crippen molar-refractivity contribution >= 4 is 11.9 Å². The van der Waals surface area contributed by atoms with Crippen LogP contribution in [0.25, 0.3) is 0 Å². The maximum absolute atomic E-state index is 12.6. The number of carbonyl (C=O) groups excluding carboxylic acids is 1. The normalized spacial score (nSPS) is 31.8. The molecule has 0 spiro atoms. The zero-order chi connectivity index (χ0) is 19.9. The summed E-state index contributed by atoms with van der Waals surface area (Å²) in [6, 6.07) is 5.24. The van der Waals surface area contributed by atoms with Gasteiger partial charge < -0.3 is 24.4 Å². The molecule has 1 aromatic rings. The van der Waals surface area contributed by atoms with Crippen molar-refractivity contribution in [2.75, 3.05) is 14.2 Å². The quantitative estimate of drug-likeness (QED) is 0.599. The van der Waals surface area contributed by atoms with Gasteiger partial charge in [-0.25, -0.2) is 0 Å². The van der Waals surface area contributed by atoms with Crippen molar-refractivity contribution in [3.05, 3.63) is 35.4 Å². The summed E-state index contributed by atoms with van der Waals surface area (Å²) < 4.78 is 16.1. The standard InChI is InChI=1S/C20H24O7/c1-10-5-17(22)15-9-16(12-6-13(25-3)8-14(7-12)26-4)20(10,19(23)24)18(15)27-11(2)21/h5-8,15-18,22H,9H2,1-4H3,(H,23,24). The SMILES string of the molecule is COc1cc(OC)cc(C2CC3C(O)C=C(C)C2(C(=O)O)C3OC(C)=O)c1. The number of methoxy groups -OCH3 is 2. The number of benzene rings is 1. The highest BCUT2D eigenvalue weighted by Crippen LogP contribution is 2.61. The smallest absolute Gasteiger partial charge is 0.318 e. The molecule has 5 atom stereocenters. The molecule has 7 nitrogen and oxygen atoms in total. The molecule has 0 saturated heterocycles. The molecule has 7 heteroatoms. The van der Waals surface area contributed by atoms with Crippen molar-refractivity contribution in [3.63, 3.8) is 0 Å². The van der Waals surface area contributed by atoms with Gasteiger partial charge in [0.25, 0.3) is 0 Å². The molecule has 5 unspecified atom stereocenters. The number of aliphatic hydroxyl groups excluding tert-OH is 1. The molecule has 2 aliphatic carbocycles. The van der Waals surface area contributed by atoms with Gasteiger partial charge >= 0.3 is 11.9 Å². The number of aliphatic carboxylic acids is 1. The Bertz CT molecular complexity index is 777. The molecular formula is C20H24O7. The lowest BCUT2D eigenvalue weighted by Crippen LogP contribution is -2.51. The fourth-order valence-corrected chi connectivity index (χ4v) is 4.68. The minimum Gasteiger partial charge on any atom is -0.497 e. The Morgan fingerprint density at radius 1 is 1.15 bits per heavy atom. The molecule has 1 saturated carbocycles. The third-order valence-corrected chi connectivity index (χ3v) is 5.83. The second-order valence-electron chi connectivity index (χ2n) is 7.14. The van der Waals surface area contributed by atoms with E-state index in [4.69, 9.17) is 14.2 Å². The Morgan fingerprint density at radius 2 is 1.74 bits per heavy atom. The van der Waals surface area contributed by atoms with Crippen molar-refractivity contribution in [1.29, 1.82) is 0 Å². The Kier molecular flexibility index (Phi) is 4.90. The highest BCUT2D eigenvalue weighted by atomic mass is 16.5. The van der Waals surface area contributed by atoms with Gasteiger partial charge in [0.2, 0.25) is 0 Å². The molecule has 3 rings (SSSR count). The Labute approximate surface area is 157 Å². The van der Waals surface area contributed by atoms with Crippen LogP contribution in [0, 0.1) is 11.3 Å². The number of carboxylic acid groups (broad SMARTS) is 1. The van der Waals surface area contributed by atoms with Crippen LogP contribution in [0.4, 0.5) is 0 Å². The van der Waals surface area contributed by atoms with Gasteiger partial charge in [0.15, 0.2) is 0 Å². The van der Waals surface area contributed by atoms with E-state index in [-0.39, 0.29) is 0 Å². The second-order valence-corrected chi connectivity index (χ2v) is 7.14. The average Bonchev–Trinajstić information content (AvgIpc) is 2.90. The van der Waals surface area contributed by atoms with Gasteiger partial charge in [0, 0.05) is 24.8 Å². The summed E-state index contributed by atoms with van der Waals surface area (Å²) in [5.74, 6) is -1.59. The van der Waals surface area contributed by atoms with Crippen LogP contribution in [0.15, 0.2) is 29.8 Å².